The number of carbonyl (C=O) groups excluding carboxylic acids is 1. The zero-order valence-electron chi connectivity index (χ0n) is 11.2. The molecular formula is C15H20N2O. The second-order valence-corrected chi connectivity index (χ2v) is 5.02. The van der Waals surface area contributed by atoms with E-state index in [9.17, 15) is 4.79 Å². The normalized spacial score (nSPS) is 21.7. The summed E-state index contributed by atoms with van der Waals surface area (Å²) < 4.78 is 0. The minimum absolute atomic E-state index is 0.0932. The summed E-state index contributed by atoms with van der Waals surface area (Å²) in [6, 6.07) is 10.1. The maximum absolute atomic E-state index is 12.2. The summed E-state index contributed by atoms with van der Waals surface area (Å²) in [5.41, 5.74) is 3.41. The fourth-order valence-corrected chi connectivity index (χ4v) is 2.26. The van der Waals surface area contributed by atoms with Gasteiger partial charge >= 0.3 is 0 Å². The number of amides is 1. The second kappa shape index (κ2) is 5.36. The molecule has 0 fully saturated rings. The van der Waals surface area contributed by atoms with Gasteiger partial charge in [0.1, 0.15) is 0 Å². The van der Waals surface area contributed by atoms with E-state index in [1.54, 1.807) is 0 Å². The molecule has 0 unspecified atom stereocenters. The summed E-state index contributed by atoms with van der Waals surface area (Å²) >= 11 is 0. The number of benzene rings is 1. The van der Waals surface area contributed by atoms with Crippen molar-refractivity contribution in [2.24, 2.45) is 0 Å². The minimum atomic E-state index is -0.0974. The predicted octanol–water partition coefficient (Wildman–Crippen LogP) is 1.95. The smallest absolute Gasteiger partial charge is 0.241 e. The number of nitrogens with one attached hydrogen (secondary N) is 1. The number of allylic oxidation sites excluding steroid dienone is 1. The van der Waals surface area contributed by atoms with Crippen LogP contribution in [0.15, 0.2) is 41.6 Å². The van der Waals surface area contributed by atoms with Crippen LogP contribution in [-0.2, 0) is 11.2 Å². The van der Waals surface area contributed by atoms with Crippen molar-refractivity contribution >= 4 is 5.91 Å². The van der Waals surface area contributed by atoms with Crippen LogP contribution in [0.25, 0.3) is 0 Å². The number of likely N-dealkylation sites (N-methyl/N-ethyl adjacent to an activating group) is 1. The molecule has 0 aliphatic carbocycles. The summed E-state index contributed by atoms with van der Waals surface area (Å²) in [5, 5.41) is 2.99. The second-order valence-electron chi connectivity index (χ2n) is 5.02. The number of hydrogen-bond donors (Lipinski definition) is 1. The van der Waals surface area contributed by atoms with Gasteiger partial charge in [0, 0.05) is 12.2 Å². The van der Waals surface area contributed by atoms with Crippen molar-refractivity contribution in [2.45, 2.75) is 26.3 Å². The van der Waals surface area contributed by atoms with E-state index in [4.69, 9.17) is 0 Å². The highest BCUT2D eigenvalue weighted by Gasteiger charge is 2.26. The Morgan fingerprint density at radius 3 is 2.61 bits per heavy atom. The Morgan fingerprint density at radius 1 is 1.28 bits per heavy atom. The summed E-state index contributed by atoms with van der Waals surface area (Å²) in [4.78, 5) is 14.3. The maximum atomic E-state index is 12.2. The zero-order valence-corrected chi connectivity index (χ0v) is 11.2. The standard InChI is InChI=1S/C15H20N2O/c1-11-10-17(3)14(15(18)16-12(11)2)9-13-7-5-4-6-8-13/h4-8,14H,9-10H2,1-3H3,(H,16,18)/t14-/m1/s1. The van der Waals surface area contributed by atoms with Crippen LogP contribution in [0.2, 0.25) is 0 Å². The Balaban J connectivity index is 2.16. The van der Waals surface area contributed by atoms with Crippen LogP contribution in [0.3, 0.4) is 0 Å². The highest BCUT2D eigenvalue weighted by molar-refractivity contribution is 5.84. The summed E-state index contributed by atoms with van der Waals surface area (Å²) in [7, 11) is 2.01. The van der Waals surface area contributed by atoms with E-state index in [0.29, 0.717) is 0 Å². The van der Waals surface area contributed by atoms with E-state index in [1.165, 1.54) is 11.1 Å². The van der Waals surface area contributed by atoms with Gasteiger partial charge in [-0.1, -0.05) is 30.3 Å². The lowest BCUT2D eigenvalue weighted by molar-refractivity contribution is -0.124. The molecule has 1 aromatic carbocycles. The van der Waals surface area contributed by atoms with Crippen molar-refractivity contribution in [1.29, 1.82) is 0 Å². The first-order valence-electron chi connectivity index (χ1n) is 6.29. The number of carbonyl (C=O) groups is 1. The summed E-state index contributed by atoms with van der Waals surface area (Å²) in [6.07, 6.45) is 0.754. The molecule has 1 N–H and O–H groups in total. The van der Waals surface area contributed by atoms with Crippen LogP contribution in [0, 0.1) is 0 Å². The highest BCUT2D eigenvalue weighted by Crippen LogP contribution is 2.14. The van der Waals surface area contributed by atoms with Gasteiger partial charge < -0.3 is 5.32 Å². The number of hydrogen-bond acceptors (Lipinski definition) is 2. The molecule has 18 heavy (non-hydrogen) atoms. The van der Waals surface area contributed by atoms with E-state index < -0.39 is 0 Å². The van der Waals surface area contributed by atoms with Crippen molar-refractivity contribution in [2.75, 3.05) is 13.6 Å². The molecule has 0 spiro atoms. The third-order valence-corrected chi connectivity index (χ3v) is 3.54. The third-order valence-electron chi connectivity index (χ3n) is 3.54. The molecule has 2 rings (SSSR count). The van der Waals surface area contributed by atoms with Gasteiger partial charge in [0.2, 0.25) is 5.91 Å². The van der Waals surface area contributed by atoms with Crippen molar-refractivity contribution in [1.82, 2.24) is 10.2 Å². The quantitative estimate of drug-likeness (QED) is 0.862. The van der Waals surface area contributed by atoms with E-state index in [2.05, 4.69) is 29.3 Å². The largest absolute Gasteiger partial charge is 0.329 e. The molecule has 0 saturated carbocycles. The molecule has 0 bridgehead atoms. The molecule has 1 aromatic rings. The Labute approximate surface area is 108 Å². The first kappa shape index (κ1) is 12.8. The molecule has 1 aliphatic rings. The molecule has 0 saturated heterocycles. The van der Waals surface area contributed by atoms with Crippen LogP contribution >= 0.6 is 0 Å². The van der Waals surface area contributed by atoms with E-state index in [0.717, 1.165) is 18.7 Å². The SMILES string of the molecule is CC1=C(C)NC(=O)[C@@H](Cc2ccccc2)N(C)C1. The Morgan fingerprint density at radius 2 is 1.94 bits per heavy atom. The van der Waals surface area contributed by atoms with Gasteiger partial charge in [0.25, 0.3) is 0 Å². The fraction of sp³-hybridized carbons (Fsp3) is 0.400. The van der Waals surface area contributed by atoms with Crippen LogP contribution < -0.4 is 5.32 Å². The van der Waals surface area contributed by atoms with E-state index >= 15 is 0 Å². The van der Waals surface area contributed by atoms with Gasteiger partial charge in [-0.15, -0.1) is 0 Å². The average molecular weight is 244 g/mol. The maximum Gasteiger partial charge on any atom is 0.241 e. The van der Waals surface area contributed by atoms with Gasteiger partial charge in [0.05, 0.1) is 6.04 Å². The lowest BCUT2D eigenvalue weighted by Gasteiger charge is -2.24. The first-order valence-corrected chi connectivity index (χ1v) is 6.29. The lowest BCUT2D eigenvalue weighted by atomic mass is 10.0. The van der Waals surface area contributed by atoms with Crippen molar-refractivity contribution in [3.05, 3.63) is 47.2 Å². The van der Waals surface area contributed by atoms with Crippen molar-refractivity contribution in [3.63, 3.8) is 0 Å². The highest BCUT2D eigenvalue weighted by atomic mass is 16.2. The summed E-state index contributed by atoms with van der Waals surface area (Å²) in [5.74, 6) is 0.0932. The van der Waals surface area contributed by atoms with Gasteiger partial charge in [-0.3, -0.25) is 9.69 Å². The topological polar surface area (TPSA) is 32.3 Å². The van der Waals surface area contributed by atoms with E-state index in [-0.39, 0.29) is 11.9 Å². The molecule has 0 aromatic heterocycles. The number of rotatable bonds is 2. The van der Waals surface area contributed by atoms with Gasteiger partial charge in [-0.05, 0) is 38.5 Å². The molecule has 3 heteroatoms. The lowest BCUT2D eigenvalue weighted by Crippen LogP contribution is -2.44. The third kappa shape index (κ3) is 2.79. The first-order chi connectivity index (χ1) is 8.58. The van der Waals surface area contributed by atoms with Crippen molar-refractivity contribution in [3.8, 4) is 0 Å². The molecule has 1 aliphatic heterocycles. The fourth-order valence-electron chi connectivity index (χ4n) is 2.26. The van der Waals surface area contributed by atoms with Crippen molar-refractivity contribution < 1.29 is 4.79 Å². The predicted molar refractivity (Wildman–Crippen MR) is 73.1 cm³/mol. The number of nitrogens with zero attached hydrogens (tertiary/aromatic N) is 1. The Bertz CT molecular complexity index is 465. The van der Waals surface area contributed by atoms with Gasteiger partial charge in [-0.2, -0.15) is 0 Å². The van der Waals surface area contributed by atoms with Crippen LogP contribution in [-0.4, -0.2) is 30.4 Å². The van der Waals surface area contributed by atoms with E-state index in [1.807, 2.05) is 32.2 Å². The molecule has 96 valence electrons. The summed E-state index contributed by atoms with van der Waals surface area (Å²) in [6.45, 7) is 4.87. The van der Waals surface area contributed by atoms with Crippen LogP contribution in [0.4, 0.5) is 0 Å². The molecule has 0 radical (unpaired) electrons. The minimum Gasteiger partial charge on any atom is -0.329 e. The zero-order chi connectivity index (χ0) is 13.1. The molecule has 1 amide bonds. The van der Waals surface area contributed by atoms with Gasteiger partial charge in [-0.25, -0.2) is 0 Å². The molecule has 1 heterocycles. The van der Waals surface area contributed by atoms with Crippen LogP contribution in [0.1, 0.15) is 19.4 Å². The molecular weight excluding hydrogens is 224 g/mol. The van der Waals surface area contributed by atoms with Gasteiger partial charge in [0.15, 0.2) is 0 Å². The average Bonchev–Trinajstić information content (AvgIpc) is 2.43. The molecule has 3 nitrogen and oxygen atoms in total. The monoisotopic (exact) mass is 244 g/mol. The molecule has 1 atom stereocenters. The Kier molecular flexibility index (Phi) is 3.82. The van der Waals surface area contributed by atoms with Crippen LogP contribution in [0.5, 0.6) is 0 Å². The Hall–Kier alpha value is -1.61.